The summed E-state index contributed by atoms with van der Waals surface area (Å²) >= 11 is 0. The maximum atomic E-state index is 10.2. The molecule has 0 amide bonds. The molecule has 0 unspecified atom stereocenters. The molecule has 0 aliphatic carbocycles. The standard InChI is InChI=1S/C6H13O5P/c1-6(2-4-7)3-5-11-12(8,9)10/h7H,1-5H2,(H2,8,9,10). The summed E-state index contributed by atoms with van der Waals surface area (Å²) in [6.45, 7) is 3.50. The van der Waals surface area contributed by atoms with E-state index in [-0.39, 0.29) is 13.2 Å². The minimum Gasteiger partial charge on any atom is -0.396 e. The lowest BCUT2D eigenvalue weighted by Gasteiger charge is -2.05. The smallest absolute Gasteiger partial charge is 0.396 e. The van der Waals surface area contributed by atoms with Crippen LogP contribution < -0.4 is 0 Å². The average molecular weight is 196 g/mol. The third kappa shape index (κ3) is 7.91. The SMILES string of the molecule is C=C(CCO)CCOP(=O)(O)O. The molecule has 0 aromatic heterocycles. The first-order valence-corrected chi connectivity index (χ1v) is 4.96. The molecule has 0 saturated heterocycles. The summed E-state index contributed by atoms with van der Waals surface area (Å²) in [7, 11) is -4.34. The van der Waals surface area contributed by atoms with Crippen LogP contribution in [0.15, 0.2) is 12.2 Å². The molecule has 0 bridgehead atoms. The first kappa shape index (κ1) is 11.8. The third-order valence-corrected chi connectivity index (χ3v) is 1.70. The highest BCUT2D eigenvalue weighted by Gasteiger charge is 2.12. The number of aliphatic hydroxyl groups is 1. The lowest BCUT2D eigenvalue weighted by atomic mass is 10.2. The maximum absolute atomic E-state index is 10.2. The second-order valence-electron chi connectivity index (χ2n) is 2.30. The van der Waals surface area contributed by atoms with Gasteiger partial charge >= 0.3 is 7.82 Å². The number of hydrogen-bond acceptors (Lipinski definition) is 3. The number of phosphoric ester groups is 1. The Morgan fingerprint density at radius 1 is 1.42 bits per heavy atom. The molecule has 0 atom stereocenters. The van der Waals surface area contributed by atoms with Crippen molar-refractivity contribution in [3.05, 3.63) is 12.2 Å². The highest BCUT2D eigenvalue weighted by molar-refractivity contribution is 7.46. The Balaban J connectivity index is 3.44. The summed E-state index contributed by atoms with van der Waals surface area (Å²) < 4.78 is 14.3. The molecule has 0 rings (SSSR count). The Labute approximate surface area is 70.9 Å². The molecule has 3 N–H and O–H groups in total. The van der Waals surface area contributed by atoms with Gasteiger partial charge in [0.2, 0.25) is 0 Å². The molecule has 0 heterocycles. The van der Waals surface area contributed by atoms with E-state index in [1.807, 2.05) is 0 Å². The van der Waals surface area contributed by atoms with Crippen LogP contribution in [-0.4, -0.2) is 28.1 Å². The Morgan fingerprint density at radius 3 is 2.42 bits per heavy atom. The van der Waals surface area contributed by atoms with Gasteiger partial charge < -0.3 is 14.9 Å². The Kier molecular flexibility index (Phi) is 5.37. The van der Waals surface area contributed by atoms with Crippen LogP contribution in [0.25, 0.3) is 0 Å². The van der Waals surface area contributed by atoms with Crippen LogP contribution in [0.3, 0.4) is 0 Å². The van der Waals surface area contributed by atoms with Crippen LogP contribution in [0, 0.1) is 0 Å². The van der Waals surface area contributed by atoms with Gasteiger partial charge in [0.05, 0.1) is 6.61 Å². The molecule has 0 aromatic carbocycles. The van der Waals surface area contributed by atoms with Gasteiger partial charge in [0, 0.05) is 6.61 Å². The van der Waals surface area contributed by atoms with Crippen molar-refractivity contribution in [3.63, 3.8) is 0 Å². The summed E-state index contributed by atoms with van der Waals surface area (Å²) in [5, 5.41) is 8.44. The van der Waals surface area contributed by atoms with Gasteiger partial charge in [0.15, 0.2) is 0 Å². The van der Waals surface area contributed by atoms with Crippen LogP contribution >= 0.6 is 7.82 Å². The van der Waals surface area contributed by atoms with E-state index in [4.69, 9.17) is 14.9 Å². The van der Waals surface area contributed by atoms with E-state index < -0.39 is 7.82 Å². The van der Waals surface area contributed by atoms with Gasteiger partial charge in [-0.2, -0.15) is 0 Å². The Hall–Kier alpha value is -0.190. The zero-order valence-corrected chi connectivity index (χ0v) is 7.54. The molecule has 0 aliphatic rings. The summed E-state index contributed by atoms with van der Waals surface area (Å²) in [5.74, 6) is 0. The molecule has 0 radical (unpaired) electrons. The molecular weight excluding hydrogens is 183 g/mol. The minimum atomic E-state index is -4.34. The largest absolute Gasteiger partial charge is 0.469 e. The fourth-order valence-electron chi connectivity index (χ4n) is 0.592. The zero-order valence-electron chi connectivity index (χ0n) is 6.64. The van der Waals surface area contributed by atoms with Crippen molar-refractivity contribution in [2.75, 3.05) is 13.2 Å². The van der Waals surface area contributed by atoms with Crippen LogP contribution in [0.1, 0.15) is 12.8 Å². The molecule has 0 spiro atoms. The van der Waals surface area contributed by atoms with Crippen molar-refractivity contribution in [3.8, 4) is 0 Å². The second kappa shape index (κ2) is 5.45. The predicted molar refractivity (Wildman–Crippen MR) is 43.5 cm³/mol. The van der Waals surface area contributed by atoms with E-state index in [1.54, 1.807) is 0 Å². The predicted octanol–water partition coefficient (Wildman–Crippen LogP) is 0.424. The van der Waals surface area contributed by atoms with E-state index in [2.05, 4.69) is 11.1 Å². The number of phosphoric acid groups is 1. The van der Waals surface area contributed by atoms with Gasteiger partial charge in [0.1, 0.15) is 0 Å². The first-order valence-electron chi connectivity index (χ1n) is 3.43. The lowest BCUT2D eigenvalue weighted by molar-refractivity contribution is 0.198. The lowest BCUT2D eigenvalue weighted by Crippen LogP contribution is -1.95. The Bertz CT molecular complexity index is 184. The summed E-state index contributed by atoms with van der Waals surface area (Å²) in [6.07, 6.45) is 0.788. The first-order chi connectivity index (χ1) is 5.45. The van der Waals surface area contributed by atoms with E-state index in [9.17, 15) is 4.57 Å². The van der Waals surface area contributed by atoms with Gasteiger partial charge in [-0.05, 0) is 12.8 Å². The second-order valence-corrected chi connectivity index (χ2v) is 3.54. The van der Waals surface area contributed by atoms with Crippen molar-refractivity contribution < 1.29 is 24.0 Å². The molecular formula is C6H13O5P. The van der Waals surface area contributed by atoms with Gasteiger partial charge in [0.25, 0.3) is 0 Å². The van der Waals surface area contributed by atoms with E-state index in [0.717, 1.165) is 0 Å². The third-order valence-electron chi connectivity index (χ3n) is 1.18. The number of hydrogen-bond donors (Lipinski definition) is 3. The van der Waals surface area contributed by atoms with Crippen LogP contribution in [0.4, 0.5) is 0 Å². The van der Waals surface area contributed by atoms with Gasteiger partial charge in [-0.1, -0.05) is 12.2 Å². The fourth-order valence-corrected chi connectivity index (χ4v) is 0.921. The normalized spacial score (nSPS) is 11.6. The summed E-state index contributed by atoms with van der Waals surface area (Å²) in [5.41, 5.74) is 0.714. The molecule has 0 saturated carbocycles. The molecule has 0 aromatic rings. The van der Waals surface area contributed by atoms with Crippen molar-refractivity contribution in [2.24, 2.45) is 0 Å². The quantitative estimate of drug-likeness (QED) is 0.423. The van der Waals surface area contributed by atoms with E-state index in [1.165, 1.54) is 0 Å². The van der Waals surface area contributed by atoms with Crippen LogP contribution in [0.2, 0.25) is 0 Å². The van der Waals surface area contributed by atoms with E-state index >= 15 is 0 Å². The minimum absolute atomic E-state index is 0.00521. The highest BCUT2D eigenvalue weighted by atomic mass is 31.2. The number of aliphatic hydroxyl groups excluding tert-OH is 1. The van der Waals surface area contributed by atoms with Crippen molar-refractivity contribution >= 4 is 7.82 Å². The fraction of sp³-hybridized carbons (Fsp3) is 0.667. The van der Waals surface area contributed by atoms with E-state index in [0.29, 0.717) is 18.4 Å². The molecule has 0 fully saturated rings. The highest BCUT2D eigenvalue weighted by Crippen LogP contribution is 2.35. The van der Waals surface area contributed by atoms with Crippen LogP contribution in [-0.2, 0) is 9.09 Å². The Morgan fingerprint density at radius 2 is 2.00 bits per heavy atom. The van der Waals surface area contributed by atoms with Gasteiger partial charge in [-0.15, -0.1) is 0 Å². The summed E-state index contributed by atoms with van der Waals surface area (Å²) in [6, 6.07) is 0. The van der Waals surface area contributed by atoms with Crippen molar-refractivity contribution in [1.29, 1.82) is 0 Å². The average Bonchev–Trinajstić information content (AvgIpc) is 1.84. The van der Waals surface area contributed by atoms with Gasteiger partial charge in [-0.3, -0.25) is 4.52 Å². The molecule has 6 heteroatoms. The molecule has 0 aliphatic heterocycles. The molecule has 72 valence electrons. The maximum Gasteiger partial charge on any atom is 0.469 e. The van der Waals surface area contributed by atoms with Crippen molar-refractivity contribution in [2.45, 2.75) is 12.8 Å². The van der Waals surface area contributed by atoms with Crippen molar-refractivity contribution in [1.82, 2.24) is 0 Å². The zero-order chi connectivity index (χ0) is 9.61. The molecule has 5 nitrogen and oxygen atoms in total. The topological polar surface area (TPSA) is 87.0 Å². The monoisotopic (exact) mass is 196 g/mol. The van der Waals surface area contributed by atoms with Gasteiger partial charge in [-0.25, -0.2) is 4.57 Å². The summed E-state index contributed by atoms with van der Waals surface area (Å²) in [4.78, 5) is 16.5. The van der Waals surface area contributed by atoms with Crippen LogP contribution in [0.5, 0.6) is 0 Å². The number of rotatable bonds is 6. The molecule has 12 heavy (non-hydrogen) atoms.